The molecule has 0 atom stereocenters. The molecule has 0 aromatic heterocycles. The summed E-state index contributed by atoms with van der Waals surface area (Å²) in [5, 5.41) is 3.14. The second-order valence-electron chi connectivity index (χ2n) is 6.60. The van der Waals surface area contributed by atoms with Crippen molar-refractivity contribution in [2.75, 3.05) is 19.8 Å². The number of hydrogen-bond acceptors (Lipinski definition) is 2. The highest BCUT2D eigenvalue weighted by atomic mass is 19.1. The third-order valence-electron chi connectivity index (χ3n) is 5.21. The Bertz CT molecular complexity index is 520. The Morgan fingerprint density at radius 2 is 2.00 bits per heavy atom. The van der Waals surface area contributed by atoms with Crippen molar-refractivity contribution in [1.82, 2.24) is 5.32 Å². The van der Waals surface area contributed by atoms with E-state index in [1.807, 2.05) is 6.07 Å². The van der Waals surface area contributed by atoms with E-state index in [4.69, 9.17) is 4.74 Å². The van der Waals surface area contributed by atoms with E-state index in [0.29, 0.717) is 19.8 Å². The van der Waals surface area contributed by atoms with Crippen molar-refractivity contribution >= 4 is 5.91 Å². The van der Waals surface area contributed by atoms with E-state index in [-0.39, 0.29) is 23.1 Å². The molecule has 1 N–H and O–H groups in total. The lowest BCUT2D eigenvalue weighted by Crippen LogP contribution is -2.45. The molecular formula is C18H24FNO2. The topological polar surface area (TPSA) is 38.3 Å². The van der Waals surface area contributed by atoms with Crippen LogP contribution in [0.1, 0.15) is 44.1 Å². The first kappa shape index (κ1) is 15.5. The predicted octanol–water partition coefficient (Wildman–Crippen LogP) is 3.18. The van der Waals surface area contributed by atoms with Gasteiger partial charge < -0.3 is 10.1 Å². The first-order chi connectivity index (χ1) is 10.7. The Balaban J connectivity index is 1.73. The number of nitrogens with one attached hydrogen (secondary N) is 1. The van der Waals surface area contributed by atoms with Crippen LogP contribution in [0.3, 0.4) is 0 Å². The van der Waals surface area contributed by atoms with Crippen LogP contribution >= 0.6 is 0 Å². The fourth-order valence-corrected chi connectivity index (χ4v) is 3.74. The van der Waals surface area contributed by atoms with Gasteiger partial charge >= 0.3 is 0 Å². The van der Waals surface area contributed by atoms with E-state index in [2.05, 4.69) is 5.32 Å². The fraction of sp³-hybridized carbons (Fsp3) is 0.611. The van der Waals surface area contributed by atoms with Crippen LogP contribution in [0.15, 0.2) is 24.3 Å². The number of hydrogen-bond donors (Lipinski definition) is 1. The highest BCUT2D eigenvalue weighted by molar-refractivity contribution is 5.79. The lowest BCUT2D eigenvalue weighted by atomic mass is 9.74. The molecule has 2 aliphatic rings. The molecule has 4 heteroatoms. The summed E-state index contributed by atoms with van der Waals surface area (Å²) in [6, 6.07) is 6.79. The quantitative estimate of drug-likeness (QED) is 0.928. The van der Waals surface area contributed by atoms with Gasteiger partial charge in [-0.15, -0.1) is 0 Å². The van der Waals surface area contributed by atoms with Crippen molar-refractivity contribution in [3.05, 3.63) is 35.6 Å². The van der Waals surface area contributed by atoms with Gasteiger partial charge in [-0.1, -0.05) is 25.0 Å². The number of carbonyl (C=O) groups is 1. The molecule has 120 valence electrons. The minimum absolute atomic E-state index is 0.166. The molecule has 0 bridgehead atoms. The van der Waals surface area contributed by atoms with Crippen molar-refractivity contribution < 1.29 is 13.9 Å². The molecule has 1 aliphatic carbocycles. The molecule has 2 fully saturated rings. The zero-order chi connectivity index (χ0) is 15.4. The third-order valence-corrected chi connectivity index (χ3v) is 5.21. The van der Waals surface area contributed by atoms with Crippen LogP contribution in [-0.4, -0.2) is 25.7 Å². The Morgan fingerprint density at radius 1 is 1.27 bits per heavy atom. The second kappa shape index (κ2) is 6.78. The van der Waals surface area contributed by atoms with Gasteiger partial charge in [0.05, 0.1) is 0 Å². The van der Waals surface area contributed by atoms with Gasteiger partial charge in [0.1, 0.15) is 5.82 Å². The maximum Gasteiger partial charge on any atom is 0.223 e. The molecule has 0 spiro atoms. The van der Waals surface area contributed by atoms with E-state index < -0.39 is 0 Å². The average molecular weight is 305 g/mol. The van der Waals surface area contributed by atoms with E-state index >= 15 is 0 Å². The molecular weight excluding hydrogens is 281 g/mol. The summed E-state index contributed by atoms with van der Waals surface area (Å²) < 4.78 is 19.1. The molecule has 1 aromatic rings. The largest absolute Gasteiger partial charge is 0.381 e. The standard InChI is InChI=1S/C18H24FNO2/c19-16-7-3-6-15(12-16)18(8-10-22-11-9-18)13-20-17(21)14-4-1-2-5-14/h3,6-7,12,14H,1-2,4-5,8-11,13H2,(H,20,21). The van der Waals surface area contributed by atoms with Crippen LogP contribution in [0.25, 0.3) is 0 Å². The SMILES string of the molecule is O=C(NCC1(c2cccc(F)c2)CCOCC1)C1CCCC1. The molecule has 1 saturated heterocycles. The molecule has 1 heterocycles. The van der Waals surface area contributed by atoms with Gasteiger partial charge in [-0.25, -0.2) is 4.39 Å². The first-order valence-corrected chi connectivity index (χ1v) is 8.31. The van der Waals surface area contributed by atoms with Gasteiger partial charge in [-0.3, -0.25) is 4.79 Å². The summed E-state index contributed by atoms with van der Waals surface area (Å²) in [5.41, 5.74) is 0.775. The summed E-state index contributed by atoms with van der Waals surface area (Å²) in [7, 11) is 0. The summed E-state index contributed by atoms with van der Waals surface area (Å²) in [6.45, 7) is 1.90. The second-order valence-corrected chi connectivity index (χ2v) is 6.60. The predicted molar refractivity (Wildman–Crippen MR) is 83.1 cm³/mol. The third kappa shape index (κ3) is 3.32. The Labute approximate surface area is 131 Å². The van der Waals surface area contributed by atoms with Gasteiger partial charge in [0.15, 0.2) is 0 Å². The molecule has 22 heavy (non-hydrogen) atoms. The monoisotopic (exact) mass is 305 g/mol. The number of carbonyl (C=O) groups excluding carboxylic acids is 1. The lowest BCUT2D eigenvalue weighted by molar-refractivity contribution is -0.125. The highest BCUT2D eigenvalue weighted by Crippen LogP contribution is 2.35. The molecule has 1 amide bonds. The molecule has 3 rings (SSSR count). The first-order valence-electron chi connectivity index (χ1n) is 8.31. The Hall–Kier alpha value is -1.42. The number of ether oxygens (including phenoxy) is 1. The maximum absolute atomic E-state index is 13.6. The van der Waals surface area contributed by atoms with Gasteiger partial charge in [-0.05, 0) is 43.4 Å². The minimum Gasteiger partial charge on any atom is -0.381 e. The average Bonchev–Trinajstić information content (AvgIpc) is 3.08. The molecule has 1 aromatic carbocycles. The van der Waals surface area contributed by atoms with Crippen LogP contribution in [0.5, 0.6) is 0 Å². The molecule has 1 saturated carbocycles. The summed E-state index contributed by atoms with van der Waals surface area (Å²) >= 11 is 0. The summed E-state index contributed by atoms with van der Waals surface area (Å²) in [4.78, 5) is 12.3. The zero-order valence-electron chi connectivity index (χ0n) is 12.9. The summed E-state index contributed by atoms with van der Waals surface area (Å²) in [6.07, 6.45) is 5.95. The van der Waals surface area contributed by atoms with Crippen molar-refractivity contribution in [2.24, 2.45) is 5.92 Å². The van der Waals surface area contributed by atoms with Crippen molar-refractivity contribution in [2.45, 2.75) is 43.9 Å². The lowest BCUT2D eigenvalue weighted by Gasteiger charge is -2.38. The van der Waals surface area contributed by atoms with E-state index in [1.54, 1.807) is 12.1 Å². The van der Waals surface area contributed by atoms with Crippen LogP contribution in [0.4, 0.5) is 4.39 Å². The molecule has 3 nitrogen and oxygen atoms in total. The summed E-state index contributed by atoms with van der Waals surface area (Å²) in [5.74, 6) is 0.120. The van der Waals surface area contributed by atoms with Gasteiger partial charge in [-0.2, -0.15) is 0 Å². The highest BCUT2D eigenvalue weighted by Gasteiger charge is 2.36. The Kier molecular flexibility index (Phi) is 4.77. The van der Waals surface area contributed by atoms with Crippen molar-refractivity contribution in [1.29, 1.82) is 0 Å². The Morgan fingerprint density at radius 3 is 2.68 bits per heavy atom. The van der Waals surface area contributed by atoms with E-state index in [0.717, 1.165) is 44.1 Å². The van der Waals surface area contributed by atoms with Crippen LogP contribution in [0, 0.1) is 11.7 Å². The molecule has 0 unspecified atom stereocenters. The van der Waals surface area contributed by atoms with E-state index in [1.165, 1.54) is 6.07 Å². The number of benzene rings is 1. The van der Waals surface area contributed by atoms with Crippen LogP contribution in [-0.2, 0) is 14.9 Å². The van der Waals surface area contributed by atoms with Gasteiger partial charge in [0.25, 0.3) is 0 Å². The fourth-order valence-electron chi connectivity index (χ4n) is 3.74. The van der Waals surface area contributed by atoms with Crippen LogP contribution < -0.4 is 5.32 Å². The number of amides is 1. The smallest absolute Gasteiger partial charge is 0.223 e. The number of halogens is 1. The van der Waals surface area contributed by atoms with E-state index in [9.17, 15) is 9.18 Å². The van der Waals surface area contributed by atoms with Gasteiger partial charge in [0, 0.05) is 31.1 Å². The van der Waals surface area contributed by atoms with Crippen LogP contribution in [0.2, 0.25) is 0 Å². The van der Waals surface area contributed by atoms with Crippen molar-refractivity contribution in [3.8, 4) is 0 Å². The normalized spacial score (nSPS) is 21.7. The van der Waals surface area contributed by atoms with Gasteiger partial charge in [0.2, 0.25) is 5.91 Å². The molecule has 0 radical (unpaired) electrons. The molecule has 1 aliphatic heterocycles. The maximum atomic E-state index is 13.6. The zero-order valence-corrected chi connectivity index (χ0v) is 12.9. The minimum atomic E-state index is -0.217. The number of rotatable bonds is 4. The van der Waals surface area contributed by atoms with Crippen molar-refractivity contribution in [3.63, 3.8) is 0 Å².